The van der Waals surface area contributed by atoms with Gasteiger partial charge in [0.2, 0.25) is 5.95 Å². The first-order valence-corrected chi connectivity index (χ1v) is 11.5. The molecule has 3 heterocycles. The number of nitrogens with two attached hydrogens (primary N) is 1. The molecule has 1 aliphatic rings. The van der Waals surface area contributed by atoms with Gasteiger partial charge >= 0.3 is 0 Å². The van der Waals surface area contributed by atoms with Crippen LogP contribution < -0.4 is 5.73 Å². The average Bonchev–Trinajstić information content (AvgIpc) is 3.42. The third-order valence-electron chi connectivity index (χ3n) is 5.71. The van der Waals surface area contributed by atoms with Crippen molar-refractivity contribution in [2.24, 2.45) is 5.73 Å². The molecule has 0 unspecified atom stereocenters. The van der Waals surface area contributed by atoms with Crippen molar-refractivity contribution in [3.05, 3.63) is 72.7 Å². The van der Waals surface area contributed by atoms with Gasteiger partial charge in [-0.05, 0) is 30.4 Å². The lowest BCUT2D eigenvalue weighted by Crippen LogP contribution is -2.31. The van der Waals surface area contributed by atoms with Gasteiger partial charge in [-0.25, -0.2) is 9.97 Å². The monoisotopic (exact) mass is 429 g/mol. The third-order valence-corrected chi connectivity index (χ3v) is 6.47. The summed E-state index contributed by atoms with van der Waals surface area (Å²) >= 11 is 1.67. The fourth-order valence-corrected chi connectivity index (χ4v) is 4.64. The highest BCUT2D eigenvalue weighted by atomic mass is 32.2. The number of nitrogens with zero attached hydrogens (tertiary/aromatic N) is 4. The molecule has 1 atom stereocenters. The van der Waals surface area contributed by atoms with Crippen molar-refractivity contribution in [3.8, 4) is 17.1 Å². The Morgan fingerprint density at radius 1 is 1.10 bits per heavy atom. The number of likely N-dealkylation sites (tertiary alicyclic amines) is 1. The van der Waals surface area contributed by atoms with Gasteiger partial charge < -0.3 is 10.6 Å². The van der Waals surface area contributed by atoms with Crippen LogP contribution in [0.2, 0.25) is 0 Å². The summed E-state index contributed by atoms with van der Waals surface area (Å²) in [6.07, 6.45) is 8.60. The van der Waals surface area contributed by atoms with Crippen molar-refractivity contribution in [2.75, 3.05) is 19.3 Å². The summed E-state index contributed by atoms with van der Waals surface area (Å²) in [6, 6.07) is 16.0. The largest absolute Gasteiger partial charge is 0.337 e. The standard InChI is InChI=1S/C24H23N5OS/c1-31-22-15-29(24-26-12-18(13-27-24)16-5-3-2-4-6-16)21-11-17(7-8-20(21)22)23(30)28-10-9-19(25)14-28/h2-8,11-13,15,19H,9-10,14,25H2,1H3/t19-/m1/s1. The Morgan fingerprint density at radius 3 is 2.55 bits per heavy atom. The quantitative estimate of drug-likeness (QED) is 0.497. The van der Waals surface area contributed by atoms with Gasteiger partial charge in [0.15, 0.2) is 0 Å². The Morgan fingerprint density at radius 2 is 1.87 bits per heavy atom. The van der Waals surface area contributed by atoms with Crippen LogP contribution in [0.1, 0.15) is 16.8 Å². The molecule has 0 spiro atoms. The van der Waals surface area contributed by atoms with E-state index in [4.69, 9.17) is 5.73 Å². The van der Waals surface area contributed by atoms with Crippen molar-refractivity contribution in [3.63, 3.8) is 0 Å². The highest BCUT2D eigenvalue weighted by Crippen LogP contribution is 2.31. The highest BCUT2D eigenvalue weighted by Gasteiger charge is 2.25. The topological polar surface area (TPSA) is 77.0 Å². The predicted octanol–water partition coefficient (Wildman–Crippen LogP) is 3.98. The van der Waals surface area contributed by atoms with E-state index >= 15 is 0 Å². The molecular formula is C24H23N5OS. The van der Waals surface area contributed by atoms with E-state index in [0.717, 1.165) is 33.3 Å². The molecule has 0 saturated carbocycles. The molecule has 1 fully saturated rings. The Balaban J connectivity index is 1.54. The number of hydrogen-bond donors (Lipinski definition) is 1. The molecule has 1 saturated heterocycles. The van der Waals surface area contributed by atoms with E-state index in [-0.39, 0.29) is 11.9 Å². The van der Waals surface area contributed by atoms with Gasteiger partial charge in [-0.1, -0.05) is 36.4 Å². The van der Waals surface area contributed by atoms with E-state index in [0.29, 0.717) is 24.6 Å². The number of rotatable bonds is 4. The molecule has 0 aliphatic carbocycles. The minimum absolute atomic E-state index is 0.0219. The van der Waals surface area contributed by atoms with Crippen molar-refractivity contribution < 1.29 is 4.79 Å². The Bertz CT molecular complexity index is 1240. The minimum atomic E-state index is 0.0219. The smallest absolute Gasteiger partial charge is 0.253 e. The van der Waals surface area contributed by atoms with E-state index in [2.05, 4.69) is 9.97 Å². The summed E-state index contributed by atoms with van der Waals surface area (Å²) in [7, 11) is 0. The molecule has 2 aromatic carbocycles. The first kappa shape index (κ1) is 19.8. The summed E-state index contributed by atoms with van der Waals surface area (Å²) in [6.45, 7) is 1.32. The maximum Gasteiger partial charge on any atom is 0.253 e. The zero-order valence-electron chi connectivity index (χ0n) is 17.2. The molecule has 4 aromatic rings. The average molecular weight is 430 g/mol. The molecule has 0 bridgehead atoms. The zero-order chi connectivity index (χ0) is 21.4. The van der Waals surface area contributed by atoms with E-state index in [9.17, 15) is 4.79 Å². The highest BCUT2D eigenvalue weighted by molar-refractivity contribution is 7.98. The van der Waals surface area contributed by atoms with Crippen LogP contribution in [0.25, 0.3) is 28.0 Å². The van der Waals surface area contributed by atoms with Crippen LogP contribution in [0.5, 0.6) is 0 Å². The minimum Gasteiger partial charge on any atom is -0.337 e. The number of thioether (sulfide) groups is 1. The first-order valence-electron chi connectivity index (χ1n) is 10.3. The van der Waals surface area contributed by atoms with Crippen LogP contribution in [0.15, 0.2) is 72.0 Å². The molecule has 7 heteroatoms. The number of hydrogen-bond acceptors (Lipinski definition) is 5. The first-order chi connectivity index (χ1) is 15.1. The van der Waals surface area contributed by atoms with Crippen LogP contribution in [0, 0.1) is 0 Å². The summed E-state index contributed by atoms with van der Waals surface area (Å²) < 4.78 is 1.96. The number of carbonyl (C=O) groups is 1. The Labute approximate surface area is 185 Å². The number of aromatic nitrogens is 3. The normalized spacial score (nSPS) is 16.2. The molecule has 0 radical (unpaired) electrons. The van der Waals surface area contributed by atoms with Gasteiger partial charge in [0.1, 0.15) is 0 Å². The number of benzene rings is 2. The van der Waals surface area contributed by atoms with Gasteiger partial charge in [0.25, 0.3) is 5.91 Å². The van der Waals surface area contributed by atoms with Crippen LogP contribution in [-0.4, -0.2) is 50.7 Å². The fourth-order valence-electron chi connectivity index (χ4n) is 4.04. The molecule has 156 valence electrons. The lowest BCUT2D eigenvalue weighted by Gasteiger charge is -2.16. The number of amides is 1. The summed E-state index contributed by atoms with van der Waals surface area (Å²) in [5, 5.41) is 1.08. The maximum absolute atomic E-state index is 13.0. The van der Waals surface area contributed by atoms with E-state index in [1.165, 1.54) is 0 Å². The Kier molecular flexibility index (Phi) is 5.21. The second-order valence-electron chi connectivity index (χ2n) is 7.74. The number of carbonyl (C=O) groups excluding carboxylic acids is 1. The third kappa shape index (κ3) is 3.71. The fraction of sp³-hybridized carbons (Fsp3) is 0.208. The summed E-state index contributed by atoms with van der Waals surface area (Å²) in [5.41, 5.74) is 9.62. The molecular weight excluding hydrogens is 406 g/mol. The summed E-state index contributed by atoms with van der Waals surface area (Å²) in [5.74, 6) is 0.603. The van der Waals surface area contributed by atoms with Crippen LogP contribution >= 0.6 is 11.8 Å². The molecule has 31 heavy (non-hydrogen) atoms. The van der Waals surface area contributed by atoms with Crippen molar-refractivity contribution in [1.29, 1.82) is 0 Å². The molecule has 1 aliphatic heterocycles. The van der Waals surface area contributed by atoms with Crippen molar-refractivity contribution >= 4 is 28.6 Å². The van der Waals surface area contributed by atoms with Crippen LogP contribution in [0.3, 0.4) is 0 Å². The molecule has 6 nitrogen and oxygen atoms in total. The van der Waals surface area contributed by atoms with E-state index < -0.39 is 0 Å². The van der Waals surface area contributed by atoms with Gasteiger partial charge in [-0.15, -0.1) is 11.8 Å². The van der Waals surface area contributed by atoms with Crippen LogP contribution in [0.4, 0.5) is 0 Å². The van der Waals surface area contributed by atoms with E-state index in [1.807, 2.05) is 82.8 Å². The van der Waals surface area contributed by atoms with Crippen molar-refractivity contribution in [2.45, 2.75) is 17.4 Å². The number of fused-ring (bicyclic) bond motifs is 1. The predicted molar refractivity (Wildman–Crippen MR) is 125 cm³/mol. The lowest BCUT2D eigenvalue weighted by atomic mass is 10.1. The molecule has 1 amide bonds. The maximum atomic E-state index is 13.0. The second-order valence-corrected chi connectivity index (χ2v) is 8.59. The lowest BCUT2D eigenvalue weighted by molar-refractivity contribution is 0.0791. The Hall–Kier alpha value is -3.16. The van der Waals surface area contributed by atoms with Gasteiger partial charge in [0.05, 0.1) is 5.52 Å². The molecule has 2 N–H and O–H groups in total. The van der Waals surface area contributed by atoms with Crippen LogP contribution in [-0.2, 0) is 0 Å². The van der Waals surface area contributed by atoms with Crippen molar-refractivity contribution in [1.82, 2.24) is 19.4 Å². The van der Waals surface area contributed by atoms with Gasteiger partial charge in [-0.3, -0.25) is 9.36 Å². The molecule has 2 aromatic heterocycles. The van der Waals surface area contributed by atoms with Gasteiger partial charge in [-0.2, -0.15) is 0 Å². The SMILES string of the molecule is CSc1cn(-c2ncc(-c3ccccc3)cn2)c2cc(C(=O)N3CC[C@@H](N)C3)ccc12. The van der Waals surface area contributed by atoms with Gasteiger partial charge in [0, 0.05) is 59.1 Å². The second kappa shape index (κ2) is 8.17. The van der Waals surface area contributed by atoms with E-state index in [1.54, 1.807) is 11.8 Å². The molecule has 5 rings (SSSR count). The summed E-state index contributed by atoms with van der Waals surface area (Å²) in [4.78, 5) is 25.2. The zero-order valence-corrected chi connectivity index (χ0v) is 18.0.